The second kappa shape index (κ2) is 10.5. The molecule has 1 heterocycles. The first-order valence-electron chi connectivity index (χ1n) is 11.7. The summed E-state index contributed by atoms with van der Waals surface area (Å²) in [4.78, 5) is -0.373. The summed E-state index contributed by atoms with van der Waals surface area (Å²) in [5, 5.41) is 3.49. The summed E-state index contributed by atoms with van der Waals surface area (Å²) in [5.41, 5.74) is 1.87. The molecule has 5 nitrogen and oxygen atoms in total. The SMILES string of the molecule is CC(CNCc1ccccc1NS(=O)(=O)c1cc(-n2cccc2)ccc1F)C1CCCCC1. The molecule has 0 bridgehead atoms. The van der Waals surface area contributed by atoms with Crippen molar-refractivity contribution in [2.24, 2.45) is 11.8 Å². The van der Waals surface area contributed by atoms with Crippen LogP contribution in [0.4, 0.5) is 10.1 Å². The van der Waals surface area contributed by atoms with E-state index in [1.165, 1.54) is 44.2 Å². The number of sulfonamides is 1. The van der Waals surface area contributed by atoms with E-state index in [1.54, 1.807) is 35.2 Å². The van der Waals surface area contributed by atoms with Gasteiger partial charge in [-0.15, -0.1) is 0 Å². The van der Waals surface area contributed by atoms with E-state index in [4.69, 9.17) is 0 Å². The molecular formula is C26H32FN3O2S. The normalized spacial score (nSPS) is 15.9. The number of rotatable bonds is 9. The smallest absolute Gasteiger partial charge is 0.264 e. The first-order valence-corrected chi connectivity index (χ1v) is 13.2. The van der Waals surface area contributed by atoms with Gasteiger partial charge < -0.3 is 9.88 Å². The molecule has 3 aromatic rings. The van der Waals surface area contributed by atoms with Gasteiger partial charge in [0.05, 0.1) is 5.69 Å². The lowest BCUT2D eigenvalue weighted by Crippen LogP contribution is -2.27. The predicted octanol–water partition coefficient (Wildman–Crippen LogP) is 5.72. The van der Waals surface area contributed by atoms with E-state index in [0.717, 1.165) is 18.0 Å². The molecule has 1 unspecified atom stereocenters. The maximum absolute atomic E-state index is 14.5. The molecule has 0 aliphatic heterocycles. The largest absolute Gasteiger partial charge is 0.324 e. The number of hydrogen-bond acceptors (Lipinski definition) is 3. The van der Waals surface area contributed by atoms with Gasteiger partial charge in [0, 0.05) is 24.6 Å². The Morgan fingerprint density at radius 1 is 1.03 bits per heavy atom. The van der Waals surface area contributed by atoms with Crippen molar-refractivity contribution in [3.63, 3.8) is 0 Å². The lowest BCUT2D eigenvalue weighted by molar-refractivity contribution is 0.256. The Labute approximate surface area is 196 Å². The average molecular weight is 470 g/mol. The fourth-order valence-electron chi connectivity index (χ4n) is 4.64. The van der Waals surface area contributed by atoms with Crippen LogP contribution in [0.2, 0.25) is 0 Å². The Morgan fingerprint density at radius 2 is 1.76 bits per heavy atom. The Hall–Kier alpha value is -2.64. The van der Waals surface area contributed by atoms with Gasteiger partial charge in [-0.2, -0.15) is 0 Å². The predicted molar refractivity (Wildman–Crippen MR) is 130 cm³/mol. The lowest BCUT2D eigenvalue weighted by Gasteiger charge is -2.28. The second-order valence-corrected chi connectivity index (χ2v) is 10.6. The Kier molecular flexibility index (Phi) is 7.50. The molecule has 1 atom stereocenters. The highest BCUT2D eigenvalue weighted by atomic mass is 32.2. The van der Waals surface area contributed by atoms with E-state index in [9.17, 15) is 12.8 Å². The quantitative estimate of drug-likeness (QED) is 0.421. The molecule has 2 N–H and O–H groups in total. The van der Waals surface area contributed by atoms with Crippen molar-refractivity contribution in [3.8, 4) is 5.69 Å². The molecule has 176 valence electrons. The van der Waals surface area contributed by atoms with Crippen LogP contribution < -0.4 is 10.0 Å². The maximum atomic E-state index is 14.5. The Bertz CT molecular complexity index is 1160. The molecule has 2 aromatic carbocycles. The molecule has 0 spiro atoms. The molecule has 0 amide bonds. The number of nitrogens with zero attached hydrogens (tertiary/aromatic N) is 1. The van der Waals surface area contributed by atoms with E-state index in [0.29, 0.717) is 23.8 Å². The molecule has 0 saturated heterocycles. The zero-order valence-corrected chi connectivity index (χ0v) is 19.8. The summed E-state index contributed by atoms with van der Waals surface area (Å²) in [6.07, 6.45) is 10.2. The van der Waals surface area contributed by atoms with Crippen LogP contribution in [-0.4, -0.2) is 19.5 Å². The summed E-state index contributed by atoms with van der Waals surface area (Å²) in [7, 11) is -4.10. The number of halogens is 1. The van der Waals surface area contributed by atoms with Crippen molar-refractivity contribution in [2.45, 2.75) is 50.5 Å². The van der Waals surface area contributed by atoms with Gasteiger partial charge in [-0.25, -0.2) is 12.8 Å². The molecule has 0 radical (unpaired) electrons. The lowest BCUT2D eigenvalue weighted by atomic mass is 9.81. The standard InChI is InChI=1S/C26H32FN3O2S/c1-20(21-9-3-2-4-10-21)18-28-19-22-11-5-6-12-25(22)29-33(31,32)26-17-23(13-14-24(26)27)30-15-7-8-16-30/h5-8,11-17,20-21,28-29H,2-4,9-10,18-19H2,1H3. The monoisotopic (exact) mass is 469 g/mol. The zero-order valence-electron chi connectivity index (χ0n) is 19.0. The van der Waals surface area contributed by atoms with Crippen molar-refractivity contribution in [2.75, 3.05) is 11.3 Å². The highest BCUT2D eigenvalue weighted by Gasteiger charge is 2.22. The highest BCUT2D eigenvalue weighted by molar-refractivity contribution is 7.92. The number of nitrogens with one attached hydrogen (secondary N) is 2. The van der Waals surface area contributed by atoms with Crippen LogP contribution in [0.15, 0.2) is 71.9 Å². The summed E-state index contributed by atoms with van der Waals surface area (Å²) in [6, 6.07) is 15.0. The van der Waals surface area contributed by atoms with Crippen LogP contribution in [0.25, 0.3) is 5.69 Å². The van der Waals surface area contributed by atoms with Crippen molar-refractivity contribution >= 4 is 15.7 Å². The van der Waals surface area contributed by atoms with E-state index in [1.807, 2.05) is 24.3 Å². The number of benzene rings is 2. The van der Waals surface area contributed by atoms with Crippen LogP contribution in [0.3, 0.4) is 0 Å². The fourth-order valence-corrected chi connectivity index (χ4v) is 5.84. The third-order valence-electron chi connectivity index (χ3n) is 6.60. The van der Waals surface area contributed by atoms with Crippen LogP contribution in [0, 0.1) is 17.7 Å². The molecular weight excluding hydrogens is 437 g/mol. The maximum Gasteiger partial charge on any atom is 0.264 e. The summed E-state index contributed by atoms with van der Waals surface area (Å²) < 4.78 is 45.1. The van der Waals surface area contributed by atoms with Gasteiger partial charge in [-0.1, -0.05) is 57.2 Å². The van der Waals surface area contributed by atoms with Crippen LogP contribution in [0.1, 0.15) is 44.6 Å². The highest BCUT2D eigenvalue weighted by Crippen LogP contribution is 2.30. The minimum absolute atomic E-state index is 0.373. The van der Waals surface area contributed by atoms with Crippen molar-refractivity contribution < 1.29 is 12.8 Å². The van der Waals surface area contributed by atoms with Gasteiger partial charge in [-0.3, -0.25) is 4.72 Å². The first-order chi connectivity index (χ1) is 15.9. The van der Waals surface area contributed by atoms with Gasteiger partial charge in [0.2, 0.25) is 0 Å². The number of anilines is 1. The van der Waals surface area contributed by atoms with Gasteiger partial charge in [-0.05, 0) is 60.3 Å². The summed E-state index contributed by atoms with van der Waals surface area (Å²) >= 11 is 0. The number of aromatic nitrogens is 1. The van der Waals surface area contributed by atoms with Crippen molar-refractivity contribution in [3.05, 3.63) is 78.4 Å². The first kappa shape index (κ1) is 23.5. The number of para-hydroxylation sites is 1. The second-order valence-electron chi connectivity index (χ2n) is 8.97. The van der Waals surface area contributed by atoms with Crippen molar-refractivity contribution in [1.29, 1.82) is 0 Å². The van der Waals surface area contributed by atoms with Gasteiger partial charge >= 0.3 is 0 Å². The molecule has 7 heteroatoms. The molecule has 1 fully saturated rings. The van der Waals surface area contributed by atoms with Gasteiger partial charge in [0.15, 0.2) is 0 Å². The molecule has 1 aliphatic carbocycles. The molecule has 33 heavy (non-hydrogen) atoms. The molecule has 1 aromatic heterocycles. The third kappa shape index (κ3) is 5.84. The fraction of sp³-hybridized carbons (Fsp3) is 0.385. The minimum atomic E-state index is -4.10. The Balaban J connectivity index is 1.46. The van der Waals surface area contributed by atoms with Gasteiger partial charge in [0.1, 0.15) is 10.7 Å². The van der Waals surface area contributed by atoms with E-state index >= 15 is 0 Å². The van der Waals surface area contributed by atoms with Gasteiger partial charge in [0.25, 0.3) is 10.0 Å². The van der Waals surface area contributed by atoms with Crippen LogP contribution >= 0.6 is 0 Å². The van der Waals surface area contributed by atoms with Crippen LogP contribution in [-0.2, 0) is 16.6 Å². The average Bonchev–Trinajstić information content (AvgIpc) is 3.36. The molecule has 4 rings (SSSR count). The molecule has 1 aliphatic rings. The van der Waals surface area contributed by atoms with E-state index in [-0.39, 0.29) is 4.90 Å². The topological polar surface area (TPSA) is 63.1 Å². The minimum Gasteiger partial charge on any atom is -0.324 e. The van der Waals surface area contributed by atoms with Crippen molar-refractivity contribution in [1.82, 2.24) is 9.88 Å². The molecule has 1 saturated carbocycles. The zero-order chi connectivity index (χ0) is 23.3. The van der Waals surface area contributed by atoms with Crippen LogP contribution in [0.5, 0.6) is 0 Å². The number of hydrogen-bond donors (Lipinski definition) is 2. The Morgan fingerprint density at radius 3 is 2.52 bits per heavy atom. The van der Waals surface area contributed by atoms with E-state index < -0.39 is 15.8 Å². The summed E-state index contributed by atoms with van der Waals surface area (Å²) in [6.45, 7) is 3.72. The summed E-state index contributed by atoms with van der Waals surface area (Å²) in [5.74, 6) is 0.561. The third-order valence-corrected chi connectivity index (χ3v) is 7.99. The van der Waals surface area contributed by atoms with E-state index in [2.05, 4.69) is 17.0 Å².